The molecule has 3 rings (SSSR count). The third-order valence-electron chi connectivity index (χ3n) is 4.81. The number of hydrogen-bond acceptors (Lipinski definition) is 3. The van der Waals surface area contributed by atoms with E-state index in [0.29, 0.717) is 29.3 Å². The number of hydrogen-bond donors (Lipinski definition) is 0. The average Bonchev–Trinajstić information content (AvgIpc) is 2.93. The molecule has 0 aliphatic heterocycles. The molecule has 2 aliphatic carbocycles. The maximum absolute atomic E-state index is 12.7. The fraction of sp³-hybridized carbons (Fsp3) is 0.250. The Morgan fingerprint density at radius 2 is 1.86 bits per heavy atom. The third kappa shape index (κ3) is 3.91. The van der Waals surface area contributed by atoms with E-state index in [9.17, 15) is 10.0 Å². The lowest BCUT2D eigenvalue weighted by Crippen LogP contribution is -2.04. The molecule has 0 heterocycles. The zero-order chi connectivity index (χ0) is 20.3. The second kappa shape index (κ2) is 8.26. The van der Waals surface area contributed by atoms with Gasteiger partial charge in [0.15, 0.2) is 6.21 Å². The molecule has 0 atom stereocenters. The summed E-state index contributed by atoms with van der Waals surface area (Å²) in [5.41, 5.74) is 5.57. The van der Waals surface area contributed by atoms with Gasteiger partial charge in [0.2, 0.25) is 5.69 Å². The van der Waals surface area contributed by atoms with Crippen LogP contribution in [0.5, 0.6) is 0 Å². The van der Waals surface area contributed by atoms with Crippen molar-refractivity contribution in [3.05, 3.63) is 82.1 Å². The molecule has 144 valence electrons. The van der Waals surface area contributed by atoms with Crippen LogP contribution in [0.25, 0.3) is 11.1 Å². The molecule has 0 N–H and O–H groups in total. The number of fused-ring (bicyclic) bond motifs is 1. The Morgan fingerprint density at radius 3 is 2.50 bits per heavy atom. The maximum atomic E-state index is 12.7. The Labute approximate surface area is 166 Å². The number of rotatable bonds is 5. The quantitative estimate of drug-likeness (QED) is 0.190. The molecule has 0 unspecified atom stereocenters. The second-order valence-corrected chi connectivity index (χ2v) is 7.13. The fourth-order valence-corrected chi connectivity index (χ4v) is 3.31. The van der Waals surface area contributed by atoms with Gasteiger partial charge in [0.05, 0.1) is 12.2 Å². The van der Waals surface area contributed by atoms with E-state index in [1.54, 1.807) is 25.1 Å². The van der Waals surface area contributed by atoms with E-state index >= 15 is 0 Å². The number of nitrogens with zero attached hydrogens (tertiary/aromatic N) is 1. The molecule has 0 saturated heterocycles. The molecule has 4 heteroatoms. The van der Waals surface area contributed by atoms with E-state index in [1.807, 2.05) is 31.2 Å². The van der Waals surface area contributed by atoms with Crippen LogP contribution in [0.3, 0.4) is 0 Å². The van der Waals surface area contributed by atoms with Crippen molar-refractivity contribution in [1.29, 1.82) is 0 Å². The smallest absolute Gasteiger partial charge is 0.338 e. The van der Waals surface area contributed by atoms with Crippen LogP contribution in [-0.2, 0) is 4.74 Å². The van der Waals surface area contributed by atoms with Gasteiger partial charge in [-0.3, -0.25) is 0 Å². The lowest BCUT2D eigenvalue weighted by atomic mass is 10.0. The second-order valence-electron chi connectivity index (χ2n) is 7.13. The van der Waals surface area contributed by atoms with Crippen LogP contribution in [-0.4, -0.2) is 23.5 Å². The van der Waals surface area contributed by atoms with Gasteiger partial charge in [-0.15, -0.1) is 0 Å². The van der Waals surface area contributed by atoms with Crippen molar-refractivity contribution < 1.29 is 14.3 Å². The molecule has 0 radical (unpaired) electrons. The van der Waals surface area contributed by atoms with Crippen LogP contribution >= 0.6 is 0 Å². The van der Waals surface area contributed by atoms with E-state index in [1.165, 1.54) is 6.21 Å². The summed E-state index contributed by atoms with van der Waals surface area (Å²) in [6.45, 7) is 8.31. The number of benzene rings is 1. The van der Waals surface area contributed by atoms with Crippen molar-refractivity contribution in [2.45, 2.75) is 33.6 Å². The summed E-state index contributed by atoms with van der Waals surface area (Å²) in [6, 6.07) is 16.9. The lowest BCUT2D eigenvalue weighted by Gasteiger charge is -2.06. The summed E-state index contributed by atoms with van der Waals surface area (Å²) in [7, 11) is 0. The molecule has 0 spiro atoms. The molecule has 0 fully saturated rings. The predicted molar refractivity (Wildman–Crippen MR) is 113 cm³/mol. The summed E-state index contributed by atoms with van der Waals surface area (Å²) < 4.78 is 6.09. The lowest BCUT2D eigenvalue weighted by molar-refractivity contribution is -0.354. The summed E-state index contributed by atoms with van der Waals surface area (Å²) >= 11 is 0. The molecule has 4 nitrogen and oxygen atoms in total. The first-order chi connectivity index (χ1) is 13.4. The number of esters is 1. The molecular weight excluding hydrogens is 350 g/mol. The minimum absolute atomic E-state index is 0.303. The van der Waals surface area contributed by atoms with Gasteiger partial charge in [-0.1, -0.05) is 50.2 Å². The zero-order valence-electron chi connectivity index (χ0n) is 16.7. The van der Waals surface area contributed by atoms with E-state index in [4.69, 9.17) is 4.74 Å². The van der Waals surface area contributed by atoms with Gasteiger partial charge in [0.25, 0.3) is 0 Å². The molecule has 0 amide bonds. The van der Waals surface area contributed by atoms with Crippen LogP contribution in [0.4, 0.5) is 5.69 Å². The highest BCUT2D eigenvalue weighted by molar-refractivity contribution is 6.05. The highest BCUT2D eigenvalue weighted by atomic mass is 16.5. The van der Waals surface area contributed by atoms with Gasteiger partial charge < -0.3 is 9.94 Å². The monoisotopic (exact) mass is 375 g/mol. The number of para-hydroxylation sites is 1. The van der Waals surface area contributed by atoms with Gasteiger partial charge in [0, 0.05) is 17.7 Å². The highest BCUT2D eigenvalue weighted by Gasteiger charge is 2.24. The number of ether oxygens (including phenoxy) is 1. The number of carbonyl (C=O) groups is 1. The Bertz CT molecular complexity index is 990. The Morgan fingerprint density at radius 1 is 1.14 bits per heavy atom. The standard InChI is InChI=1S/C24H25NO3/c1-5-28-24(26)22-14-19(15-25(27)20-9-7-6-8-10-20)21-13-18(16(2)3)12-11-17(4)23(21)22/h6-16H,5H2,1-4H3. The Balaban J connectivity index is 2.24. The summed E-state index contributed by atoms with van der Waals surface area (Å²) in [6.07, 6.45) is 1.53. The summed E-state index contributed by atoms with van der Waals surface area (Å²) in [5.74, 6) is -0.0500. The van der Waals surface area contributed by atoms with Crippen LogP contribution in [0.15, 0.2) is 54.6 Å². The number of carbonyl (C=O) groups excluding carboxylic acids is 1. The van der Waals surface area contributed by atoms with E-state index in [0.717, 1.165) is 27.0 Å². The predicted octanol–water partition coefficient (Wildman–Crippen LogP) is 5.66. The van der Waals surface area contributed by atoms with Crippen molar-refractivity contribution in [1.82, 2.24) is 0 Å². The Kier molecular flexibility index (Phi) is 5.78. The zero-order valence-corrected chi connectivity index (χ0v) is 16.7. The van der Waals surface area contributed by atoms with E-state index in [-0.39, 0.29) is 5.97 Å². The molecule has 0 saturated carbocycles. The summed E-state index contributed by atoms with van der Waals surface area (Å²) in [5, 5.41) is 12.7. The van der Waals surface area contributed by atoms with Crippen molar-refractivity contribution >= 4 is 17.9 Å². The first-order valence-corrected chi connectivity index (χ1v) is 9.53. The van der Waals surface area contributed by atoms with Gasteiger partial charge in [-0.25, -0.2) is 4.79 Å². The molecule has 1 aromatic carbocycles. The first-order valence-electron chi connectivity index (χ1n) is 9.53. The summed E-state index contributed by atoms with van der Waals surface area (Å²) in [4.78, 5) is 12.6. The SMILES string of the molecule is CCOC(=O)c1cc(C=[N+]([O-])c2ccccc2)c2cc(C(C)C)ccc(C)c1-2. The van der Waals surface area contributed by atoms with Crippen molar-refractivity contribution in [2.24, 2.45) is 0 Å². The van der Waals surface area contributed by atoms with E-state index < -0.39 is 0 Å². The van der Waals surface area contributed by atoms with Crippen molar-refractivity contribution in [2.75, 3.05) is 6.61 Å². The minimum Gasteiger partial charge on any atom is -0.618 e. The molecule has 0 aromatic heterocycles. The van der Waals surface area contributed by atoms with Gasteiger partial charge >= 0.3 is 5.97 Å². The fourth-order valence-electron chi connectivity index (χ4n) is 3.31. The van der Waals surface area contributed by atoms with Crippen LogP contribution < -0.4 is 0 Å². The van der Waals surface area contributed by atoms with Crippen molar-refractivity contribution in [3.8, 4) is 11.1 Å². The minimum atomic E-state index is -0.371. The average molecular weight is 375 g/mol. The molecule has 0 bridgehead atoms. The van der Waals surface area contributed by atoms with Crippen LogP contribution in [0.2, 0.25) is 0 Å². The maximum Gasteiger partial charge on any atom is 0.338 e. The van der Waals surface area contributed by atoms with Gasteiger partial charge in [-0.05, 0) is 48.1 Å². The molecule has 1 aromatic rings. The third-order valence-corrected chi connectivity index (χ3v) is 4.81. The molecule has 2 aliphatic rings. The van der Waals surface area contributed by atoms with E-state index in [2.05, 4.69) is 26.0 Å². The topological polar surface area (TPSA) is 52.4 Å². The van der Waals surface area contributed by atoms with Crippen molar-refractivity contribution in [3.63, 3.8) is 0 Å². The van der Waals surface area contributed by atoms with Gasteiger partial charge in [-0.2, -0.15) is 4.74 Å². The van der Waals surface area contributed by atoms with Gasteiger partial charge in [0.1, 0.15) is 0 Å². The van der Waals surface area contributed by atoms with Crippen LogP contribution in [0.1, 0.15) is 53.7 Å². The van der Waals surface area contributed by atoms with Crippen LogP contribution in [0, 0.1) is 12.1 Å². The highest BCUT2D eigenvalue weighted by Crippen LogP contribution is 2.36. The largest absolute Gasteiger partial charge is 0.618 e. The number of aryl methyl sites for hydroxylation is 1. The first kappa shape index (κ1) is 19.6. The molecular formula is C24H25NO3. The normalized spacial score (nSPS) is 11.8. The molecule has 28 heavy (non-hydrogen) atoms. The Hall–Kier alpha value is -3.14.